The molecule has 0 saturated carbocycles. The molecule has 0 aliphatic rings. The summed E-state index contributed by atoms with van der Waals surface area (Å²) in [5.74, 6) is 0.537. The van der Waals surface area contributed by atoms with Crippen LogP contribution in [0.1, 0.15) is 41.6 Å². The second-order valence-corrected chi connectivity index (χ2v) is 7.77. The van der Waals surface area contributed by atoms with Crippen LogP contribution in [0.3, 0.4) is 0 Å². The summed E-state index contributed by atoms with van der Waals surface area (Å²) >= 11 is 0. The molecule has 0 radical (unpaired) electrons. The lowest BCUT2D eigenvalue weighted by molar-refractivity contribution is 0.151. The maximum atomic E-state index is 13.2. The molecule has 5 heteroatoms. The minimum absolute atomic E-state index is 0.0418. The van der Waals surface area contributed by atoms with E-state index in [1.807, 2.05) is 56.3 Å². The molecule has 3 aromatic carbocycles. The van der Waals surface area contributed by atoms with Crippen LogP contribution in [-0.2, 0) is 0 Å². The minimum atomic E-state index is -2.54. The van der Waals surface area contributed by atoms with Gasteiger partial charge in [0.05, 0.1) is 11.4 Å². The van der Waals surface area contributed by atoms with Gasteiger partial charge in [-0.05, 0) is 44.5 Å². The zero-order valence-corrected chi connectivity index (χ0v) is 17.6. The zero-order valence-electron chi connectivity index (χ0n) is 17.6. The van der Waals surface area contributed by atoms with Crippen LogP contribution in [0, 0.1) is 13.8 Å². The Morgan fingerprint density at radius 2 is 1.68 bits per heavy atom. The van der Waals surface area contributed by atoms with Crippen LogP contribution in [0.25, 0.3) is 22.3 Å². The Labute approximate surface area is 179 Å². The van der Waals surface area contributed by atoms with Crippen molar-refractivity contribution < 1.29 is 13.2 Å². The number of halogens is 2. The Morgan fingerprint density at radius 3 is 2.39 bits per heavy atom. The summed E-state index contributed by atoms with van der Waals surface area (Å²) in [6.07, 6.45) is -2.54. The molecule has 0 fully saturated rings. The molecule has 3 nitrogen and oxygen atoms in total. The topological polar surface area (TPSA) is 42.2 Å². The van der Waals surface area contributed by atoms with Gasteiger partial charge in [0.15, 0.2) is 5.43 Å². The van der Waals surface area contributed by atoms with E-state index in [9.17, 15) is 13.6 Å². The molecule has 0 bridgehead atoms. The van der Waals surface area contributed by atoms with E-state index in [1.165, 1.54) is 12.1 Å². The van der Waals surface area contributed by atoms with Crippen LogP contribution in [0.2, 0.25) is 0 Å². The SMILES string of the molecule is Cc1cc([C@@H](C)Nc2cccc(C(F)F)c2)c2oc(-c3ccccc3)c(C)c(=O)c2c1. The number of nitrogens with one attached hydrogen (secondary N) is 1. The van der Waals surface area contributed by atoms with Crippen LogP contribution in [0.4, 0.5) is 14.5 Å². The first-order valence-corrected chi connectivity index (χ1v) is 10.1. The fourth-order valence-electron chi connectivity index (χ4n) is 3.85. The van der Waals surface area contributed by atoms with Crippen molar-refractivity contribution in [3.05, 3.63) is 99.2 Å². The lowest BCUT2D eigenvalue weighted by Gasteiger charge is -2.19. The number of hydrogen-bond acceptors (Lipinski definition) is 3. The molecular weight excluding hydrogens is 396 g/mol. The van der Waals surface area contributed by atoms with Gasteiger partial charge in [-0.3, -0.25) is 4.79 Å². The maximum absolute atomic E-state index is 13.2. The van der Waals surface area contributed by atoms with Crippen molar-refractivity contribution in [3.8, 4) is 11.3 Å². The highest BCUT2D eigenvalue weighted by Crippen LogP contribution is 2.32. The fraction of sp³-hybridized carbons (Fsp3) is 0.192. The normalized spacial score (nSPS) is 12.3. The molecule has 1 heterocycles. The van der Waals surface area contributed by atoms with Gasteiger partial charge in [0, 0.05) is 27.9 Å². The van der Waals surface area contributed by atoms with Gasteiger partial charge in [-0.2, -0.15) is 0 Å². The number of fused-ring (bicyclic) bond motifs is 1. The molecule has 1 atom stereocenters. The van der Waals surface area contributed by atoms with Crippen molar-refractivity contribution >= 4 is 16.7 Å². The zero-order chi connectivity index (χ0) is 22.1. The first-order valence-electron chi connectivity index (χ1n) is 10.1. The van der Waals surface area contributed by atoms with Gasteiger partial charge >= 0.3 is 0 Å². The molecule has 0 spiro atoms. The van der Waals surface area contributed by atoms with E-state index in [0.29, 0.717) is 28.0 Å². The molecule has 0 aliphatic carbocycles. The molecule has 4 aromatic rings. The third-order valence-corrected chi connectivity index (χ3v) is 5.42. The second kappa shape index (κ2) is 8.34. The molecule has 0 amide bonds. The molecule has 1 N–H and O–H groups in total. The average molecular weight is 419 g/mol. The van der Waals surface area contributed by atoms with Gasteiger partial charge in [0.25, 0.3) is 6.43 Å². The van der Waals surface area contributed by atoms with Crippen LogP contribution >= 0.6 is 0 Å². The van der Waals surface area contributed by atoms with Gasteiger partial charge in [-0.15, -0.1) is 0 Å². The van der Waals surface area contributed by atoms with Crippen molar-refractivity contribution in [2.45, 2.75) is 33.2 Å². The maximum Gasteiger partial charge on any atom is 0.263 e. The van der Waals surface area contributed by atoms with Gasteiger partial charge in [0.2, 0.25) is 0 Å². The lowest BCUT2D eigenvalue weighted by atomic mass is 9.98. The standard InChI is InChI=1S/C26H23F2NO2/c1-15-12-21(17(3)29-20-11-7-10-19(14-20)26(27)28)25-22(13-15)23(30)16(2)24(31-25)18-8-5-4-6-9-18/h4-14,17,26,29H,1-3H3/t17-/m1/s1. The van der Waals surface area contributed by atoms with Crippen molar-refractivity contribution in [1.82, 2.24) is 0 Å². The highest BCUT2D eigenvalue weighted by atomic mass is 19.3. The van der Waals surface area contributed by atoms with Gasteiger partial charge < -0.3 is 9.73 Å². The van der Waals surface area contributed by atoms with Crippen LogP contribution in [-0.4, -0.2) is 0 Å². The smallest absolute Gasteiger partial charge is 0.263 e. The molecule has 158 valence electrons. The predicted molar refractivity (Wildman–Crippen MR) is 121 cm³/mol. The Bertz CT molecular complexity index is 1300. The van der Waals surface area contributed by atoms with Crippen molar-refractivity contribution in [2.75, 3.05) is 5.32 Å². The summed E-state index contributed by atoms with van der Waals surface area (Å²) in [4.78, 5) is 13.2. The monoisotopic (exact) mass is 419 g/mol. The van der Waals surface area contributed by atoms with Crippen LogP contribution < -0.4 is 10.7 Å². The second-order valence-electron chi connectivity index (χ2n) is 7.77. The van der Waals surface area contributed by atoms with E-state index in [1.54, 1.807) is 19.1 Å². The van der Waals surface area contributed by atoms with Gasteiger partial charge in [-0.1, -0.05) is 48.5 Å². The van der Waals surface area contributed by atoms with E-state index < -0.39 is 6.43 Å². The van der Waals surface area contributed by atoms with Crippen molar-refractivity contribution in [2.24, 2.45) is 0 Å². The third kappa shape index (κ3) is 4.08. The molecular formula is C26H23F2NO2. The average Bonchev–Trinajstić information content (AvgIpc) is 2.76. The van der Waals surface area contributed by atoms with Crippen LogP contribution in [0.5, 0.6) is 0 Å². The summed E-state index contributed by atoms with van der Waals surface area (Å²) < 4.78 is 32.5. The number of aryl methyl sites for hydroxylation is 1. The lowest BCUT2D eigenvalue weighted by Crippen LogP contribution is -2.12. The molecule has 1 aromatic heterocycles. The van der Waals surface area contributed by atoms with Gasteiger partial charge in [-0.25, -0.2) is 8.78 Å². The fourth-order valence-corrected chi connectivity index (χ4v) is 3.85. The molecule has 0 saturated heterocycles. The number of hydrogen-bond donors (Lipinski definition) is 1. The predicted octanol–water partition coefficient (Wildman–Crippen LogP) is 7.19. The van der Waals surface area contributed by atoms with Gasteiger partial charge in [0.1, 0.15) is 11.3 Å². The van der Waals surface area contributed by atoms with E-state index in [-0.39, 0.29) is 17.0 Å². The Balaban J connectivity index is 1.84. The largest absolute Gasteiger partial charge is 0.455 e. The highest BCUT2D eigenvalue weighted by Gasteiger charge is 2.19. The molecule has 0 aliphatic heterocycles. The van der Waals surface area contributed by atoms with E-state index in [0.717, 1.165) is 16.7 Å². The first-order chi connectivity index (χ1) is 14.8. The summed E-state index contributed by atoms with van der Waals surface area (Å²) in [6.45, 7) is 5.62. The van der Waals surface area contributed by atoms with E-state index in [2.05, 4.69) is 5.32 Å². The van der Waals surface area contributed by atoms with E-state index in [4.69, 9.17) is 4.42 Å². The Morgan fingerprint density at radius 1 is 0.935 bits per heavy atom. The van der Waals surface area contributed by atoms with E-state index >= 15 is 0 Å². The van der Waals surface area contributed by atoms with Crippen molar-refractivity contribution in [1.29, 1.82) is 0 Å². The minimum Gasteiger partial charge on any atom is -0.455 e. The summed E-state index contributed by atoms with van der Waals surface area (Å²) in [7, 11) is 0. The quantitative estimate of drug-likeness (QED) is 0.372. The molecule has 4 rings (SSSR count). The summed E-state index contributed by atoms with van der Waals surface area (Å²) in [6, 6.07) is 19.2. The molecule has 31 heavy (non-hydrogen) atoms. The summed E-state index contributed by atoms with van der Waals surface area (Å²) in [5, 5.41) is 3.79. The Kier molecular flexibility index (Phi) is 5.59. The Hall–Kier alpha value is -3.47. The van der Waals surface area contributed by atoms with Crippen molar-refractivity contribution in [3.63, 3.8) is 0 Å². The number of rotatable bonds is 5. The first kappa shape index (κ1) is 20.8. The molecule has 0 unspecified atom stereocenters. The number of benzene rings is 3. The third-order valence-electron chi connectivity index (χ3n) is 5.42. The number of anilines is 1. The van der Waals surface area contributed by atoms with Crippen LogP contribution in [0.15, 0.2) is 75.9 Å². The highest BCUT2D eigenvalue weighted by molar-refractivity contribution is 5.84. The number of alkyl halides is 2. The summed E-state index contributed by atoms with van der Waals surface area (Å²) in [5.41, 5.74) is 4.08.